The first-order valence-electron chi connectivity index (χ1n) is 4.07. The molecule has 0 bridgehead atoms. The van der Waals surface area contributed by atoms with Gasteiger partial charge in [0.2, 0.25) is 11.6 Å². The monoisotopic (exact) mass is 179 g/mol. The molecule has 4 nitrogen and oxygen atoms in total. The smallest absolute Gasteiger partial charge is 0.229 e. The number of rotatable bonds is 1. The summed E-state index contributed by atoms with van der Waals surface area (Å²) in [5, 5.41) is 8.58. The number of anilines is 1. The Balaban J connectivity index is 2.87. The normalized spacial score (nSPS) is 11.2. The number of nitrogen functional groups attached to an aromatic ring is 1. The van der Waals surface area contributed by atoms with Gasteiger partial charge in [-0.15, -0.1) is 0 Å². The molecule has 0 amide bonds. The number of nitrogens with zero attached hydrogens (tertiary/aromatic N) is 2. The molecule has 0 saturated heterocycles. The molecule has 1 rings (SSSR count). The van der Waals surface area contributed by atoms with Crippen LogP contribution in [0.25, 0.3) is 0 Å². The minimum absolute atomic E-state index is 0.0873. The Morgan fingerprint density at radius 1 is 1.54 bits per heavy atom. The molecule has 13 heavy (non-hydrogen) atoms. The van der Waals surface area contributed by atoms with Gasteiger partial charge >= 0.3 is 0 Å². The zero-order valence-corrected chi connectivity index (χ0v) is 8.09. The fourth-order valence-corrected chi connectivity index (χ4v) is 0.987. The summed E-state index contributed by atoms with van der Waals surface area (Å²) in [6.07, 6.45) is 0.679. The topological polar surface area (TPSA) is 75.8 Å². The van der Waals surface area contributed by atoms with Crippen molar-refractivity contribution < 1.29 is 4.42 Å². The second kappa shape index (κ2) is 3.09. The van der Waals surface area contributed by atoms with Gasteiger partial charge < -0.3 is 10.2 Å². The van der Waals surface area contributed by atoms with Gasteiger partial charge in [-0.1, -0.05) is 20.8 Å². The molecular formula is C9H13N3O. The predicted molar refractivity (Wildman–Crippen MR) is 48.8 cm³/mol. The standard InChI is InChI=1S/C9H13N3O/c1-9(2,3)4-7-12-6(5-10)8(11)13-7/h4,11H2,1-3H3. The van der Waals surface area contributed by atoms with Gasteiger partial charge in [0.1, 0.15) is 6.07 Å². The van der Waals surface area contributed by atoms with Crippen molar-refractivity contribution in [3.63, 3.8) is 0 Å². The minimum Gasteiger partial charge on any atom is -0.424 e. The van der Waals surface area contributed by atoms with E-state index in [4.69, 9.17) is 15.4 Å². The maximum atomic E-state index is 8.58. The van der Waals surface area contributed by atoms with Crippen LogP contribution in [0.15, 0.2) is 4.42 Å². The van der Waals surface area contributed by atoms with E-state index < -0.39 is 0 Å². The quantitative estimate of drug-likeness (QED) is 0.712. The average Bonchev–Trinajstić information content (AvgIpc) is 2.26. The number of hydrogen-bond donors (Lipinski definition) is 1. The summed E-state index contributed by atoms with van der Waals surface area (Å²) in [5.41, 5.74) is 5.69. The summed E-state index contributed by atoms with van der Waals surface area (Å²) in [5.74, 6) is 0.642. The predicted octanol–water partition coefficient (Wildman–Crippen LogP) is 1.72. The fraction of sp³-hybridized carbons (Fsp3) is 0.556. The summed E-state index contributed by atoms with van der Waals surface area (Å²) < 4.78 is 5.13. The van der Waals surface area contributed by atoms with E-state index in [0.29, 0.717) is 12.3 Å². The van der Waals surface area contributed by atoms with E-state index in [1.54, 1.807) is 0 Å². The maximum Gasteiger partial charge on any atom is 0.229 e. The van der Waals surface area contributed by atoms with Crippen LogP contribution in [0.2, 0.25) is 0 Å². The molecule has 0 aliphatic heterocycles. The summed E-state index contributed by atoms with van der Waals surface area (Å²) in [6.45, 7) is 6.21. The van der Waals surface area contributed by atoms with Gasteiger partial charge in [-0.2, -0.15) is 5.26 Å². The van der Waals surface area contributed by atoms with Crippen LogP contribution in [0, 0.1) is 16.7 Å². The van der Waals surface area contributed by atoms with Crippen LogP contribution in [0.4, 0.5) is 5.88 Å². The van der Waals surface area contributed by atoms with Gasteiger partial charge in [-0.3, -0.25) is 0 Å². The number of hydrogen-bond acceptors (Lipinski definition) is 4. The summed E-state index contributed by atoms with van der Waals surface area (Å²) >= 11 is 0. The number of oxazole rings is 1. The zero-order chi connectivity index (χ0) is 10.1. The van der Waals surface area contributed by atoms with Gasteiger partial charge in [0, 0.05) is 6.42 Å². The highest BCUT2D eigenvalue weighted by molar-refractivity contribution is 5.40. The van der Waals surface area contributed by atoms with Crippen molar-refractivity contribution in [1.29, 1.82) is 5.26 Å². The summed E-state index contributed by atoms with van der Waals surface area (Å²) in [6, 6.07) is 1.87. The highest BCUT2D eigenvalue weighted by Crippen LogP contribution is 2.22. The van der Waals surface area contributed by atoms with Crippen molar-refractivity contribution in [2.24, 2.45) is 5.41 Å². The zero-order valence-electron chi connectivity index (χ0n) is 8.09. The van der Waals surface area contributed by atoms with Crippen molar-refractivity contribution in [3.8, 4) is 6.07 Å². The number of nitriles is 1. The maximum absolute atomic E-state index is 8.58. The fourth-order valence-electron chi connectivity index (χ4n) is 0.987. The van der Waals surface area contributed by atoms with Gasteiger partial charge in [0.15, 0.2) is 5.89 Å². The highest BCUT2D eigenvalue weighted by Gasteiger charge is 2.17. The first kappa shape index (κ1) is 9.59. The van der Waals surface area contributed by atoms with E-state index in [1.165, 1.54) is 0 Å². The van der Waals surface area contributed by atoms with Crippen molar-refractivity contribution >= 4 is 5.88 Å². The number of nitrogens with two attached hydrogens (primary N) is 1. The van der Waals surface area contributed by atoms with E-state index in [2.05, 4.69) is 25.8 Å². The molecule has 0 radical (unpaired) electrons. The van der Waals surface area contributed by atoms with Gasteiger partial charge in [-0.05, 0) is 5.41 Å². The third-order valence-corrected chi connectivity index (χ3v) is 1.49. The van der Waals surface area contributed by atoms with E-state index in [-0.39, 0.29) is 17.0 Å². The lowest BCUT2D eigenvalue weighted by Crippen LogP contribution is -2.09. The first-order chi connectivity index (χ1) is 5.92. The van der Waals surface area contributed by atoms with Crippen LogP contribution in [0.5, 0.6) is 0 Å². The SMILES string of the molecule is CC(C)(C)Cc1nc(C#N)c(N)o1. The molecule has 1 heterocycles. The Bertz CT molecular complexity index is 341. The summed E-state index contributed by atoms with van der Waals surface area (Å²) in [7, 11) is 0. The molecule has 0 spiro atoms. The van der Waals surface area contributed by atoms with Crippen molar-refractivity contribution in [2.75, 3.05) is 5.73 Å². The highest BCUT2D eigenvalue weighted by atomic mass is 16.4. The van der Waals surface area contributed by atoms with Crippen LogP contribution >= 0.6 is 0 Å². The van der Waals surface area contributed by atoms with E-state index >= 15 is 0 Å². The lowest BCUT2D eigenvalue weighted by molar-refractivity contribution is 0.358. The summed E-state index contributed by atoms with van der Waals surface area (Å²) in [4.78, 5) is 3.96. The minimum atomic E-state index is 0.0873. The van der Waals surface area contributed by atoms with Crippen LogP contribution in [0.3, 0.4) is 0 Å². The molecule has 70 valence electrons. The van der Waals surface area contributed by atoms with Crippen LogP contribution in [-0.2, 0) is 6.42 Å². The van der Waals surface area contributed by atoms with Crippen molar-refractivity contribution in [2.45, 2.75) is 27.2 Å². The van der Waals surface area contributed by atoms with Crippen molar-refractivity contribution in [1.82, 2.24) is 4.98 Å². The van der Waals surface area contributed by atoms with Crippen molar-refractivity contribution in [3.05, 3.63) is 11.6 Å². The van der Waals surface area contributed by atoms with Gasteiger partial charge in [-0.25, -0.2) is 4.98 Å². The molecule has 1 aromatic heterocycles. The third kappa shape index (κ3) is 2.48. The Kier molecular flexibility index (Phi) is 2.28. The molecule has 1 aromatic rings. The molecule has 0 aliphatic rings. The lowest BCUT2D eigenvalue weighted by atomic mass is 9.92. The van der Waals surface area contributed by atoms with E-state index in [1.807, 2.05) is 6.07 Å². The number of aromatic nitrogens is 1. The third-order valence-electron chi connectivity index (χ3n) is 1.49. The Labute approximate surface area is 77.4 Å². The molecule has 0 atom stereocenters. The molecule has 2 N–H and O–H groups in total. The van der Waals surface area contributed by atoms with Crippen LogP contribution in [0.1, 0.15) is 32.4 Å². The Hall–Kier alpha value is -1.50. The molecular weight excluding hydrogens is 166 g/mol. The van der Waals surface area contributed by atoms with E-state index in [9.17, 15) is 0 Å². The van der Waals surface area contributed by atoms with Crippen LogP contribution < -0.4 is 5.73 Å². The Morgan fingerprint density at radius 3 is 2.54 bits per heavy atom. The Morgan fingerprint density at radius 2 is 2.15 bits per heavy atom. The second-order valence-corrected chi connectivity index (χ2v) is 4.17. The van der Waals surface area contributed by atoms with Gasteiger partial charge in [0.05, 0.1) is 0 Å². The van der Waals surface area contributed by atoms with Gasteiger partial charge in [0.25, 0.3) is 0 Å². The molecule has 0 aromatic carbocycles. The molecule has 0 unspecified atom stereocenters. The first-order valence-corrected chi connectivity index (χ1v) is 4.07. The largest absolute Gasteiger partial charge is 0.424 e. The molecule has 4 heteroatoms. The molecule has 0 fully saturated rings. The second-order valence-electron chi connectivity index (χ2n) is 4.17. The molecule has 0 aliphatic carbocycles. The molecule has 0 saturated carbocycles. The van der Waals surface area contributed by atoms with E-state index in [0.717, 1.165) is 0 Å². The lowest BCUT2D eigenvalue weighted by Gasteiger charge is -2.14. The van der Waals surface area contributed by atoms with Crippen LogP contribution in [-0.4, -0.2) is 4.98 Å². The average molecular weight is 179 g/mol.